The van der Waals surface area contributed by atoms with Gasteiger partial charge in [0.15, 0.2) is 5.00 Å². The van der Waals surface area contributed by atoms with Crippen molar-refractivity contribution in [3.05, 3.63) is 36.8 Å². The normalized spacial score (nSPS) is 10.0. The lowest BCUT2D eigenvalue weighted by molar-refractivity contribution is 0.403. The Labute approximate surface area is 104 Å². The molecule has 88 valence electrons. The van der Waals surface area contributed by atoms with E-state index in [-0.39, 0.29) is 0 Å². The lowest BCUT2D eigenvalue weighted by atomic mass is 10.3. The highest BCUT2D eigenvalue weighted by molar-refractivity contribution is 7.19. The highest BCUT2D eigenvalue weighted by Gasteiger charge is 2.12. The molecule has 0 aliphatic heterocycles. The van der Waals surface area contributed by atoms with Crippen LogP contribution >= 0.6 is 11.3 Å². The van der Waals surface area contributed by atoms with Gasteiger partial charge < -0.3 is 10.1 Å². The van der Waals surface area contributed by atoms with Gasteiger partial charge in [0, 0.05) is 23.7 Å². The second-order valence-electron chi connectivity index (χ2n) is 3.50. The fraction of sp³-hybridized carbons (Fsp3) is 0.167. The third-order valence-corrected chi connectivity index (χ3v) is 3.03. The number of methoxy groups -OCH3 is 1. The number of ether oxygens (including phenoxy) is 1. The Morgan fingerprint density at radius 1 is 1.53 bits per heavy atom. The molecule has 2 aromatic heterocycles. The summed E-state index contributed by atoms with van der Waals surface area (Å²) in [5.74, 6) is 0.580. The molecule has 0 aliphatic rings. The van der Waals surface area contributed by atoms with E-state index in [0.717, 1.165) is 21.3 Å². The number of nitrogens with one attached hydrogen (secondary N) is 1. The zero-order valence-electron chi connectivity index (χ0n) is 9.73. The Morgan fingerprint density at radius 2 is 2.35 bits per heavy atom. The highest BCUT2D eigenvalue weighted by Crippen LogP contribution is 2.36. The van der Waals surface area contributed by atoms with Gasteiger partial charge in [0.05, 0.1) is 7.11 Å². The maximum Gasteiger partial charge on any atom is 0.249 e. The molecule has 0 bridgehead atoms. The number of allylic oxidation sites excluding steroid dienone is 1. The third kappa shape index (κ3) is 2.62. The first kappa shape index (κ1) is 11.6. The standard InChI is InChI=1S/C12H13N3OS/c1-8(2)14-12-10(16-3)15-11(17-12)9-5-4-6-13-7-9/h4-7,14H,1H2,2-3H3. The van der Waals surface area contributed by atoms with Crippen molar-refractivity contribution in [1.82, 2.24) is 9.97 Å². The molecule has 2 aromatic rings. The Hall–Kier alpha value is -1.88. The van der Waals surface area contributed by atoms with Crippen LogP contribution in [0.4, 0.5) is 5.00 Å². The van der Waals surface area contributed by atoms with Gasteiger partial charge >= 0.3 is 0 Å². The molecule has 0 saturated heterocycles. The van der Waals surface area contributed by atoms with Crippen molar-refractivity contribution < 1.29 is 4.74 Å². The second kappa shape index (κ2) is 4.97. The van der Waals surface area contributed by atoms with Gasteiger partial charge in [0.1, 0.15) is 5.01 Å². The van der Waals surface area contributed by atoms with Crippen LogP contribution < -0.4 is 10.1 Å². The summed E-state index contributed by atoms with van der Waals surface area (Å²) >= 11 is 1.52. The topological polar surface area (TPSA) is 47.0 Å². The molecule has 2 rings (SSSR count). The van der Waals surface area contributed by atoms with Crippen LogP contribution in [0.3, 0.4) is 0 Å². The van der Waals surface area contributed by atoms with Crippen molar-refractivity contribution in [3.8, 4) is 16.5 Å². The van der Waals surface area contributed by atoms with Crippen LogP contribution in [0, 0.1) is 0 Å². The molecule has 0 amide bonds. The summed E-state index contributed by atoms with van der Waals surface area (Å²) < 4.78 is 5.22. The van der Waals surface area contributed by atoms with Crippen molar-refractivity contribution in [2.75, 3.05) is 12.4 Å². The van der Waals surface area contributed by atoms with E-state index < -0.39 is 0 Å². The Bertz CT molecular complexity index is 522. The fourth-order valence-corrected chi connectivity index (χ4v) is 2.33. The maximum absolute atomic E-state index is 5.22. The Kier molecular flexibility index (Phi) is 3.39. The van der Waals surface area contributed by atoms with Crippen molar-refractivity contribution in [2.24, 2.45) is 0 Å². The second-order valence-corrected chi connectivity index (χ2v) is 4.50. The number of thiazole rings is 1. The molecule has 0 unspecified atom stereocenters. The fourth-order valence-electron chi connectivity index (χ4n) is 1.33. The molecule has 4 nitrogen and oxygen atoms in total. The third-order valence-electron chi connectivity index (χ3n) is 2.02. The Balaban J connectivity index is 2.37. The van der Waals surface area contributed by atoms with Gasteiger partial charge in [0.2, 0.25) is 5.88 Å². The van der Waals surface area contributed by atoms with Crippen LogP contribution in [0.2, 0.25) is 0 Å². The van der Waals surface area contributed by atoms with Crippen LogP contribution in [0.1, 0.15) is 6.92 Å². The van der Waals surface area contributed by atoms with Crippen LogP contribution in [0.5, 0.6) is 5.88 Å². The smallest absolute Gasteiger partial charge is 0.249 e. The predicted octanol–water partition coefficient (Wildman–Crippen LogP) is 3.16. The SMILES string of the molecule is C=C(C)Nc1sc(-c2cccnc2)nc1OC. The van der Waals surface area contributed by atoms with Gasteiger partial charge in [0.25, 0.3) is 0 Å². The largest absolute Gasteiger partial charge is 0.479 e. The van der Waals surface area contributed by atoms with Crippen molar-refractivity contribution in [3.63, 3.8) is 0 Å². The minimum absolute atomic E-state index is 0.580. The molecule has 0 saturated carbocycles. The quantitative estimate of drug-likeness (QED) is 0.901. The number of hydrogen-bond acceptors (Lipinski definition) is 5. The maximum atomic E-state index is 5.22. The summed E-state index contributed by atoms with van der Waals surface area (Å²) in [6, 6.07) is 3.85. The molecular formula is C12H13N3OS. The van der Waals surface area contributed by atoms with Crippen molar-refractivity contribution in [1.29, 1.82) is 0 Å². The molecule has 0 atom stereocenters. The molecule has 17 heavy (non-hydrogen) atoms. The van der Waals surface area contributed by atoms with Gasteiger partial charge in [-0.15, -0.1) is 0 Å². The molecule has 0 aliphatic carbocycles. The Morgan fingerprint density at radius 3 is 2.94 bits per heavy atom. The van der Waals surface area contributed by atoms with E-state index in [4.69, 9.17) is 4.74 Å². The molecule has 5 heteroatoms. The van der Waals surface area contributed by atoms with Crippen LogP contribution in [0.15, 0.2) is 36.8 Å². The first-order valence-corrected chi connectivity index (χ1v) is 5.90. The summed E-state index contributed by atoms with van der Waals surface area (Å²) in [4.78, 5) is 8.48. The van der Waals surface area contributed by atoms with Gasteiger partial charge in [-0.1, -0.05) is 17.9 Å². The zero-order valence-corrected chi connectivity index (χ0v) is 10.5. The van der Waals surface area contributed by atoms with Gasteiger partial charge in [-0.25, -0.2) is 0 Å². The average Bonchev–Trinajstić information content (AvgIpc) is 2.72. The van der Waals surface area contributed by atoms with Crippen molar-refractivity contribution in [2.45, 2.75) is 6.92 Å². The first-order chi connectivity index (χ1) is 8.20. The van der Waals surface area contributed by atoms with E-state index in [9.17, 15) is 0 Å². The molecule has 0 radical (unpaired) electrons. The molecular weight excluding hydrogens is 234 g/mol. The molecule has 0 spiro atoms. The zero-order chi connectivity index (χ0) is 12.3. The van der Waals surface area contributed by atoms with Gasteiger partial charge in [-0.2, -0.15) is 4.98 Å². The molecule has 0 fully saturated rings. The first-order valence-electron chi connectivity index (χ1n) is 5.08. The average molecular weight is 247 g/mol. The summed E-state index contributed by atoms with van der Waals surface area (Å²) in [6.07, 6.45) is 3.52. The summed E-state index contributed by atoms with van der Waals surface area (Å²) in [5.41, 5.74) is 1.83. The van der Waals surface area contributed by atoms with Gasteiger partial charge in [-0.3, -0.25) is 4.98 Å². The summed E-state index contributed by atoms with van der Waals surface area (Å²) in [5, 5.41) is 4.86. The van der Waals surface area contributed by atoms with E-state index >= 15 is 0 Å². The summed E-state index contributed by atoms with van der Waals surface area (Å²) in [7, 11) is 1.60. The van der Waals surface area contributed by atoms with Crippen LogP contribution in [0.25, 0.3) is 10.6 Å². The van der Waals surface area contributed by atoms with E-state index in [2.05, 4.69) is 21.9 Å². The number of rotatable bonds is 4. The van der Waals surface area contributed by atoms with E-state index in [0.29, 0.717) is 5.88 Å². The molecule has 0 aromatic carbocycles. The number of pyridine rings is 1. The minimum Gasteiger partial charge on any atom is -0.479 e. The lowest BCUT2D eigenvalue weighted by Gasteiger charge is -2.02. The monoisotopic (exact) mass is 247 g/mol. The van der Waals surface area contributed by atoms with E-state index in [1.54, 1.807) is 19.5 Å². The van der Waals surface area contributed by atoms with Crippen LogP contribution in [-0.2, 0) is 0 Å². The molecule has 1 N–H and O–H groups in total. The number of nitrogens with zero attached hydrogens (tertiary/aromatic N) is 2. The van der Waals surface area contributed by atoms with E-state index in [1.807, 2.05) is 19.1 Å². The number of aromatic nitrogens is 2. The minimum atomic E-state index is 0.580. The number of anilines is 1. The number of hydrogen-bond donors (Lipinski definition) is 1. The highest BCUT2D eigenvalue weighted by atomic mass is 32.1. The van der Waals surface area contributed by atoms with Gasteiger partial charge in [-0.05, 0) is 19.1 Å². The lowest BCUT2D eigenvalue weighted by Crippen LogP contribution is -1.93. The predicted molar refractivity (Wildman–Crippen MR) is 70.3 cm³/mol. The molecule has 2 heterocycles. The van der Waals surface area contributed by atoms with E-state index in [1.165, 1.54) is 11.3 Å². The summed E-state index contributed by atoms with van der Waals surface area (Å²) in [6.45, 7) is 5.70. The van der Waals surface area contributed by atoms with Crippen LogP contribution in [-0.4, -0.2) is 17.1 Å². The van der Waals surface area contributed by atoms with Crippen molar-refractivity contribution >= 4 is 16.3 Å².